The fourth-order valence-corrected chi connectivity index (χ4v) is 4.19. The lowest BCUT2D eigenvalue weighted by Crippen LogP contribution is -2.02. The van der Waals surface area contributed by atoms with Crippen LogP contribution in [-0.4, -0.2) is 10.8 Å². The number of rotatable bonds is 6. The van der Waals surface area contributed by atoms with Crippen molar-refractivity contribution in [1.82, 2.24) is 4.98 Å². The number of aromatic nitrogens is 1. The van der Waals surface area contributed by atoms with E-state index in [1.807, 2.05) is 45.0 Å². The summed E-state index contributed by atoms with van der Waals surface area (Å²) in [6.45, 7) is 6.01. The van der Waals surface area contributed by atoms with E-state index in [9.17, 15) is 13.6 Å². The van der Waals surface area contributed by atoms with Crippen molar-refractivity contribution >= 4 is 17.1 Å². The Hall–Kier alpha value is -2.40. The van der Waals surface area contributed by atoms with Crippen LogP contribution in [0, 0.1) is 18.6 Å². The number of carbonyl (C=O) groups excluding carboxylic acids is 1. The Morgan fingerprint density at radius 1 is 1.11 bits per heavy atom. The molecule has 0 aliphatic carbocycles. The zero-order valence-corrected chi connectivity index (χ0v) is 16.4. The summed E-state index contributed by atoms with van der Waals surface area (Å²) >= 11 is 1.40. The van der Waals surface area contributed by atoms with E-state index in [0.717, 1.165) is 22.2 Å². The molecule has 27 heavy (non-hydrogen) atoms. The topological polar surface area (TPSA) is 30.0 Å². The maximum absolute atomic E-state index is 13.5. The van der Waals surface area contributed by atoms with Crippen molar-refractivity contribution in [1.29, 1.82) is 0 Å². The molecule has 0 spiro atoms. The van der Waals surface area contributed by atoms with Gasteiger partial charge in [0.2, 0.25) is 0 Å². The normalized spacial score (nSPS) is 11.2. The molecule has 5 heteroatoms. The second-order valence-electron chi connectivity index (χ2n) is 6.93. The first-order chi connectivity index (χ1) is 12.8. The molecule has 1 aromatic heterocycles. The number of aryl methyl sites for hydroxylation is 2. The van der Waals surface area contributed by atoms with Crippen LogP contribution < -0.4 is 0 Å². The minimum Gasteiger partial charge on any atom is -0.294 e. The molecule has 0 radical (unpaired) electrons. The van der Waals surface area contributed by atoms with Crippen LogP contribution in [0.15, 0.2) is 42.5 Å². The Morgan fingerprint density at radius 3 is 2.44 bits per heavy atom. The molecule has 0 bridgehead atoms. The Morgan fingerprint density at radius 2 is 1.81 bits per heavy atom. The zero-order chi connectivity index (χ0) is 19.6. The first-order valence-electron chi connectivity index (χ1n) is 8.89. The highest BCUT2D eigenvalue weighted by Gasteiger charge is 2.18. The average Bonchev–Trinajstić information content (AvgIpc) is 3.03. The van der Waals surface area contributed by atoms with E-state index in [1.54, 1.807) is 0 Å². The molecule has 0 unspecified atom stereocenters. The lowest BCUT2D eigenvalue weighted by Gasteiger charge is -2.05. The third-order valence-corrected chi connectivity index (χ3v) is 5.48. The van der Waals surface area contributed by atoms with E-state index < -0.39 is 11.6 Å². The van der Waals surface area contributed by atoms with Gasteiger partial charge < -0.3 is 0 Å². The van der Waals surface area contributed by atoms with Gasteiger partial charge in [-0.15, -0.1) is 11.3 Å². The van der Waals surface area contributed by atoms with Crippen molar-refractivity contribution < 1.29 is 13.6 Å². The lowest BCUT2D eigenvalue weighted by atomic mass is 10.0. The number of thiazole rings is 1. The van der Waals surface area contributed by atoms with Crippen molar-refractivity contribution in [3.63, 3.8) is 0 Å². The van der Waals surface area contributed by atoms with Crippen molar-refractivity contribution in [3.8, 4) is 10.6 Å². The molecular formula is C22H21F2NOS. The molecule has 0 saturated carbocycles. The molecule has 0 N–H and O–H groups in total. The molecular weight excluding hydrogens is 364 g/mol. The van der Waals surface area contributed by atoms with Crippen molar-refractivity contribution in [2.75, 3.05) is 0 Å². The van der Waals surface area contributed by atoms with Crippen LogP contribution in [0.5, 0.6) is 0 Å². The first kappa shape index (κ1) is 19.4. The highest BCUT2D eigenvalue weighted by molar-refractivity contribution is 7.15. The third-order valence-electron chi connectivity index (χ3n) is 4.30. The molecule has 2 nitrogen and oxygen atoms in total. The fourth-order valence-electron chi connectivity index (χ4n) is 2.98. The van der Waals surface area contributed by atoms with E-state index in [1.165, 1.54) is 23.5 Å². The van der Waals surface area contributed by atoms with Crippen LogP contribution in [0.25, 0.3) is 10.6 Å². The number of Topliss-reactive ketones (excluding diaryl/α,β-unsaturated/α-hetero) is 1. The van der Waals surface area contributed by atoms with Gasteiger partial charge in [0.05, 0.1) is 5.69 Å². The summed E-state index contributed by atoms with van der Waals surface area (Å²) in [6, 6.07) is 11.0. The SMILES string of the molecule is Cc1cccc(C(=O)CCc2sc(-c3cc(F)cc(F)c3)nc2C(C)C)c1. The summed E-state index contributed by atoms with van der Waals surface area (Å²) in [6.07, 6.45) is 0.943. The maximum Gasteiger partial charge on any atom is 0.163 e. The van der Waals surface area contributed by atoms with E-state index >= 15 is 0 Å². The standard InChI is InChI=1S/C22H21F2NOS/c1-13(2)21-20(8-7-19(26)15-6-4-5-14(3)9-15)27-22(25-21)16-10-17(23)12-18(24)11-16/h4-6,9-13H,7-8H2,1-3H3. The Kier molecular flexibility index (Phi) is 5.80. The Labute approximate surface area is 161 Å². The lowest BCUT2D eigenvalue weighted by molar-refractivity contribution is 0.0983. The summed E-state index contributed by atoms with van der Waals surface area (Å²) in [5, 5.41) is 0.579. The molecule has 0 aliphatic rings. The second-order valence-corrected chi connectivity index (χ2v) is 8.02. The molecule has 140 valence electrons. The van der Waals surface area contributed by atoms with Gasteiger partial charge in [-0.1, -0.05) is 37.6 Å². The molecule has 0 atom stereocenters. The molecule has 0 amide bonds. The number of carbonyl (C=O) groups is 1. The molecule has 0 saturated heterocycles. The van der Waals surface area contributed by atoms with Crippen LogP contribution in [0.4, 0.5) is 8.78 Å². The van der Waals surface area contributed by atoms with Gasteiger partial charge in [0.25, 0.3) is 0 Å². The van der Waals surface area contributed by atoms with Crippen LogP contribution in [-0.2, 0) is 6.42 Å². The first-order valence-corrected chi connectivity index (χ1v) is 9.71. The Bertz CT molecular complexity index is 958. The van der Waals surface area contributed by atoms with E-state index in [2.05, 4.69) is 4.98 Å². The maximum atomic E-state index is 13.5. The predicted molar refractivity (Wildman–Crippen MR) is 105 cm³/mol. The highest BCUT2D eigenvalue weighted by Crippen LogP contribution is 2.33. The predicted octanol–water partition coefficient (Wildman–Crippen LogP) is 6.34. The van der Waals surface area contributed by atoms with Gasteiger partial charge >= 0.3 is 0 Å². The molecule has 3 aromatic rings. The van der Waals surface area contributed by atoms with E-state index in [-0.39, 0.29) is 11.7 Å². The largest absolute Gasteiger partial charge is 0.294 e. The summed E-state index contributed by atoms with van der Waals surface area (Å²) in [5.74, 6) is -0.998. The van der Waals surface area contributed by atoms with Gasteiger partial charge in [0.15, 0.2) is 5.78 Å². The van der Waals surface area contributed by atoms with Gasteiger partial charge in [-0.25, -0.2) is 13.8 Å². The van der Waals surface area contributed by atoms with Gasteiger partial charge in [0, 0.05) is 28.5 Å². The van der Waals surface area contributed by atoms with Crippen molar-refractivity contribution in [2.45, 2.75) is 39.5 Å². The van der Waals surface area contributed by atoms with Crippen molar-refractivity contribution in [3.05, 3.63) is 75.8 Å². The fraction of sp³-hybridized carbons (Fsp3) is 0.273. The Balaban J connectivity index is 1.84. The average molecular weight is 385 g/mol. The summed E-state index contributed by atoms with van der Waals surface area (Å²) in [7, 11) is 0. The van der Waals surface area contributed by atoms with E-state index in [0.29, 0.717) is 29.0 Å². The molecule has 1 heterocycles. The van der Waals surface area contributed by atoms with E-state index in [4.69, 9.17) is 0 Å². The second kappa shape index (κ2) is 8.09. The monoisotopic (exact) mass is 385 g/mol. The van der Waals surface area contributed by atoms with Crippen LogP contribution >= 0.6 is 11.3 Å². The minimum atomic E-state index is -0.623. The van der Waals surface area contributed by atoms with Crippen molar-refractivity contribution in [2.24, 2.45) is 0 Å². The zero-order valence-electron chi connectivity index (χ0n) is 15.6. The number of hydrogen-bond acceptors (Lipinski definition) is 3. The summed E-state index contributed by atoms with van der Waals surface area (Å²) < 4.78 is 27.1. The summed E-state index contributed by atoms with van der Waals surface area (Å²) in [5.41, 5.74) is 3.07. The third kappa shape index (κ3) is 4.66. The molecule has 0 aliphatic heterocycles. The van der Waals surface area contributed by atoms with Crippen LogP contribution in [0.3, 0.4) is 0 Å². The van der Waals surface area contributed by atoms with Gasteiger partial charge in [-0.2, -0.15) is 0 Å². The van der Waals surface area contributed by atoms with Gasteiger partial charge in [0.1, 0.15) is 16.6 Å². The number of ketones is 1. The highest BCUT2D eigenvalue weighted by atomic mass is 32.1. The molecule has 0 fully saturated rings. The van der Waals surface area contributed by atoms with Crippen LogP contribution in [0.2, 0.25) is 0 Å². The minimum absolute atomic E-state index is 0.0835. The molecule has 3 rings (SSSR count). The van der Waals surface area contributed by atoms with Crippen LogP contribution in [0.1, 0.15) is 52.7 Å². The number of benzene rings is 2. The number of hydrogen-bond donors (Lipinski definition) is 0. The quantitative estimate of drug-likeness (QED) is 0.464. The summed E-state index contributed by atoms with van der Waals surface area (Å²) in [4.78, 5) is 18.1. The number of halogens is 2. The van der Waals surface area contributed by atoms with Gasteiger partial charge in [-0.05, 0) is 37.5 Å². The smallest absolute Gasteiger partial charge is 0.163 e. The number of nitrogens with zero attached hydrogens (tertiary/aromatic N) is 1. The van der Waals surface area contributed by atoms with Gasteiger partial charge in [-0.3, -0.25) is 4.79 Å². The molecule has 2 aromatic carbocycles.